The summed E-state index contributed by atoms with van der Waals surface area (Å²) < 4.78 is 0. The molecule has 3 heterocycles. The number of nitrogens with two attached hydrogens (primary N) is 2. The van der Waals surface area contributed by atoms with Crippen molar-refractivity contribution in [3.05, 3.63) is 36.3 Å². The maximum atomic E-state index is 12.2. The first-order valence-electron chi connectivity index (χ1n) is 8.45. The van der Waals surface area contributed by atoms with Gasteiger partial charge in [0.15, 0.2) is 0 Å². The number of hydrogen-bond acceptors (Lipinski definition) is 7. The SMILES string of the molecule is Cc1c(N)cncc1-c1cc2cc(NC(=O)C3C[C@@H]3C#N)ncc2c(N)n1. The van der Waals surface area contributed by atoms with E-state index in [1.165, 1.54) is 0 Å². The Hall–Kier alpha value is -3.73. The summed E-state index contributed by atoms with van der Waals surface area (Å²) in [7, 11) is 0. The Balaban J connectivity index is 1.71. The first kappa shape index (κ1) is 16.7. The van der Waals surface area contributed by atoms with Crippen LogP contribution in [-0.2, 0) is 4.79 Å². The van der Waals surface area contributed by atoms with E-state index < -0.39 is 0 Å². The summed E-state index contributed by atoms with van der Waals surface area (Å²) in [5, 5.41) is 13.1. The highest BCUT2D eigenvalue weighted by Crippen LogP contribution is 2.38. The Labute approximate surface area is 155 Å². The first-order valence-corrected chi connectivity index (χ1v) is 8.45. The lowest BCUT2D eigenvalue weighted by Crippen LogP contribution is -2.15. The van der Waals surface area contributed by atoms with Gasteiger partial charge in [0.2, 0.25) is 5.91 Å². The number of fused-ring (bicyclic) bond motifs is 1. The highest BCUT2D eigenvalue weighted by atomic mass is 16.2. The molecule has 0 saturated heterocycles. The smallest absolute Gasteiger partial charge is 0.230 e. The average Bonchev–Trinajstić information content (AvgIpc) is 3.44. The van der Waals surface area contributed by atoms with Gasteiger partial charge in [0.05, 0.1) is 35.5 Å². The van der Waals surface area contributed by atoms with Crippen LogP contribution in [0.2, 0.25) is 0 Å². The Kier molecular flexibility index (Phi) is 3.85. The molecule has 5 N–H and O–H groups in total. The Morgan fingerprint density at radius 3 is 2.85 bits per heavy atom. The lowest BCUT2D eigenvalue weighted by molar-refractivity contribution is -0.117. The lowest BCUT2D eigenvalue weighted by atomic mass is 10.0. The molecule has 27 heavy (non-hydrogen) atoms. The molecule has 0 aromatic carbocycles. The number of amides is 1. The van der Waals surface area contributed by atoms with E-state index in [0.29, 0.717) is 34.8 Å². The van der Waals surface area contributed by atoms with E-state index in [-0.39, 0.29) is 17.7 Å². The van der Waals surface area contributed by atoms with Crippen LogP contribution in [-0.4, -0.2) is 20.9 Å². The van der Waals surface area contributed by atoms with Crippen molar-refractivity contribution in [1.29, 1.82) is 5.26 Å². The van der Waals surface area contributed by atoms with Crippen LogP contribution >= 0.6 is 0 Å². The minimum absolute atomic E-state index is 0.188. The maximum absolute atomic E-state index is 12.2. The van der Waals surface area contributed by atoms with E-state index >= 15 is 0 Å². The predicted molar refractivity (Wildman–Crippen MR) is 102 cm³/mol. The Morgan fingerprint density at radius 1 is 1.30 bits per heavy atom. The molecule has 1 amide bonds. The van der Waals surface area contributed by atoms with Crippen molar-refractivity contribution in [2.75, 3.05) is 16.8 Å². The average molecular weight is 359 g/mol. The summed E-state index contributed by atoms with van der Waals surface area (Å²) in [6, 6.07) is 5.71. The molecule has 0 spiro atoms. The van der Waals surface area contributed by atoms with Gasteiger partial charge in [-0.3, -0.25) is 9.78 Å². The summed E-state index contributed by atoms with van der Waals surface area (Å²) in [6.45, 7) is 1.90. The fraction of sp³-hybridized carbons (Fsp3) is 0.211. The van der Waals surface area contributed by atoms with Crippen LogP contribution in [0.15, 0.2) is 30.7 Å². The molecule has 1 fully saturated rings. The molecule has 0 radical (unpaired) electrons. The lowest BCUT2D eigenvalue weighted by Gasteiger charge is -2.11. The molecular weight excluding hydrogens is 342 g/mol. The van der Waals surface area contributed by atoms with Gasteiger partial charge in [-0.05, 0) is 36.4 Å². The van der Waals surface area contributed by atoms with Crippen LogP contribution in [0.4, 0.5) is 17.3 Å². The van der Waals surface area contributed by atoms with Crippen LogP contribution in [0.1, 0.15) is 12.0 Å². The molecule has 0 aliphatic heterocycles. The van der Waals surface area contributed by atoms with E-state index in [1.54, 1.807) is 24.7 Å². The first-order chi connectivity index (χ1) is 13.0. The van der Waals surface area contributed by atoms with Crippen molar-refractivity contribution in [2.24, 2.45) is 11.8 Å². The summed E-state index contributed by atoms with van der Waals surface area (Å²) in [5.41, 5.74) is 14.9. The summed E-state index contributed by atoms with van der Waals surface area (Å²) >= 11 is 0. The van der Waals surface area contributed by atoms with E-state index in [2.05, 4.69) is 26.3 Å². The molecule has 1 aliphatic rings. The van der Waals surface area contributed by atoms with Gasteiger partial charge in [0.25, 0.3) is 0 Å². The number of nitrogens with one attached hydrogen (secondary N) is 1. The summed E-state index contributed by atoms with van der Waals surface area (Å²) in [6.07, 6.45) is 5.46. The second-order valence-corrected chi connectivity index (χ2v) is 6.65. The molecular formula is C19H17N7O. The molecule has 1 unspecified atom stereocenters. The fourth-order valence-corrected chi connectivity index (χ4v) is 3.03. The van der Waals surface area contributed by atoms with E-state index in [9.17, 15) is 4.79 Å². The van der Waals surface area contributed by atoms with Gasteiger partial charge in [0, 0.05) is 23.3 Å². The third kappa shape index (κ3) is 3.00. The number of nitrogens with zero attached hydrogens (tertiary/aromatic N) is 4. The Morgan fingerprint density at radius 2 is 2.11 bits per heavy atom. The molecule has 4 rings (SSSR count). The highest BCUT2D eigenvalue weighted by molar-refractivity contribution is 5.98. The minimum Gasteiger partial charge on any atom is -0.397 e. The normalized spacial score (nSPS) is 18.1. The molecule has 2 atom stereocenters. The maximum Gasteiger partial charge on any atom is 0.230 e. The van der Waals surface area contributed by atoms with E-state index in [1.807, 2.05) is 13.0 Å². The predicted octanol–water partition coefficient (Wildman–Crippen LogP) is 2.26. The molecule has 3 aromatic heterocycles. The van der Waals surface area contributed by atoms with Crippen molar-refractivity contribution in [2.45, 2.75) is 13.3 Å². The van der Waals surface area contributed by atoms with Crippen LogP contribution in [0.5, 0.6) is 0 Å². The van der Waals surface area contributed by atoms with Gasteiger partial charge in [-0.25, -0.2) is 9.97 Å². The molecule has 1 aliphatic carbocycles. The van der Waals surface area contributed by atoms with Gasteiger partial charge >= 0.3 is 0 Å². The monoisotopic (exact) mass is 359 g/mol. The van der Waals surface area contributed by atoms with E-state index in [0.717, 1.165) is 16.5 Å². The van der Waals surface area contributed by atoms with Gasteiger partial charge in [-0.15, -0.1) is 0 Å². The zero-order chi connectivity index (χ0) is 19.1. The number of pyridine rings is 3. The molecule has 0 bridgehead atoms. The highest BCUT2D eigenvalue weighted by Gasteiger charge is 2.43. The van der Waals surface area contributed by atoms with Gasteiger partial charge < -0.3 is 16.8 Å². The van der Waals surface area contributed by atoms with Crippen molar-refractivity contribution in [3.63, 3.8) is 0 Å². The molecule has 3 aromatic rings. The van der Waals surface area contributed by atoms with Gasteiger partial charge in [-0.2, -0.15) is 5.26 Å². The zero-order valence-corrected chi connectivity index (χ0v) is 14.6. The van der Waals surface area contributed by atoms with Crippen LogP contribution in [0.25, 0.3) is 22.0 Å². The van der Waals surface area contributed by atoms with Gasteiger partial charge in [0.1, 0.15) is 11.6 Å². The number of nitriles is 1. The largest absolute Gasteiger partial charge is 0.397 e. The number of carbonyl (C=O) groups is 1. The third-order valence-corrected chi connectivity index (χ3v) is 4.82. The number of rotatable bonds is 3. The minimum atomic E-state index is -0.258. The molecule has 8 nitrogen and oxygen atoms in total. The van der Waals surface area contributed by atoms with E-state index in [4.69, 9.17) is 16.7 Å². The molecule has 134 valence electrons. The van der Waals surface area contributed by atoms with Crippen molar-refractivity contribution >= 4 is 34.0 Å². The standard InChI is InChI=1S/C19H17N7O/c1-9-13(6-23-8-15(9)21)16-3-10-4-17(24-7-14(10)18(22)25-16)26-19(27)12-2-11(12)5-20/h3-4,6-8,11-12H,2,21H2,1H3,(H2,22,25)(H,24,26,27)/t11-,12?/m1/s1. The fourth-order valence-electron chi connectivity index (χ4n) is 3.03. The van der Waals surface area contributed by atoms with Crippen molar-refractivity contribution in [3.8, 4) is 17.3 Å². The van der Waals surface area contributed by atoms with Crippen molar-refractivity contribution in [1.82, 2.24) is 15.0 Å². The quantitative estimate of drug-likeness (QED) is 0.650. The summed E-state index contributed by atoms with van der Waals surface area (Å²) in [4.78, 5) is 25.0. The van der Waals surface area contributed by atoms with Crippen LogP contribution in [0.3, 0.4) is 0 Å². The topological polar surface area (TPSA) is 144 Å². The van der Waals surface area contributed by atoms with Gasteiger partial charge in [-0.1, -0.05) is 0 Å². The summed E-state index contributed by atoms with van der Waals surface area (Å²) in [5.74, 6) is 0.102. The Bertz CT molecular complexity index is 1120. The zero-order valence-electron chi connectivity index (χ0n) is 14.6. The number of aromatic nitrogens is 3. The number of anilines is 3. The molecule has 1 saturated carbocycles. The second-order valence-electron chi connectivity index (χ2n) is 6.65. The van der Waals surface area contributed by atoms with Crippen LogP contribution < -0.4 is 16.8 Å². The number of nitrogen functional groups attached to an aromatic ring is 2. The molecule has 8 heteroatoms. The van der Waals surface area contributed by atoms with Crippen molar-refractivity contribution < 1.29 is 4.79 Å². The number of hydrogen-bond donors (Lipinski definition) is 3. The van der Waals surface area contributed by atoms with Crippen LogP contribution in [0, 0.1) is 30.1 Å². The number of carbonyl (C=O) groups excluding carboxylic acids is 1. The second kappa shape index (κ2) is 6.21. The third-order valence-electron chi connectivity index (χ3n) is 4.82.